The third-order valence-electron chi connectivity index (χ3n) is 2.59. The molecule has 0 amide bonds. The minimum Gasteiger partial charge on any atom is -0.497 e. The third kappa shape index (κ3) is 3.91. The van der Waals surface area contributed by atoms with Crippen molar-refractivity contribution < 1.29 is 14.2 Å². The molecule has 2 N–H and O–H groups in total. The number of benzene rings is 1. The molecule has 1 aromatic carbocycles. The van der Waals surface area contributed by atoms with Gasteiger partial charge in [-0.05, 0) is 19.9 Å². The van der Waals surface area contributed by atoms with Crippen molar-refractivity contribution in [2.75, 3.05) is 20.8 Å². The zero-order chi connectivity index (χ0) is 12.8. The number of rotatable bonds is 6. The summed E-state index contributed by atoms with van der Waals surface area (Å²) in [7, 11) is 3.29. The molecule has 0 fully saturated rings. The molecule has 0 saturated heterocycles. The molecule has 4 heteroatoms. The molecule has 17 heavy (non-hydrogen) atoms. The largest absolute Gasteiger partial charge is 0.497 e. The quantitative estimate of drug-likeness (QED) is 0.826. The van der Waals surface area contributed by atoms with E-state index in [0.29, 0.717) is 6.61 Å². The van der Waals surface area contributed by atoms with Crippen molar-refractivity contribution in [1.29, 1.82) is 0 Å². The fraction of sp³-hybridized carbons (Fsp3) is 0.538. The molecular weight excluding hydrogens is 218 g/mol. The Balaban J connectivity index is 2.85. The molecule has 0 spiro atoms. The molecular formula is C13H21NO3. The molecule has 1 aromatic rings. The van der Waals surface area contributed by atoms with Gasteiger partial charge >= 0.3 is 0 Å². The van der Waals surface area contributed by atoms with E-state index in [2.05, 4.69) is 0 Å². The zero-order valence-electron chi connectivity index (χ0n) is 10.9. The van der Waals surface area contributed by atoms with Crippen molar-refractivity contribution >= 4 is 0 Å². The van der Waals surface area contributed by atoms with Gasteiger partial charge in [-0.25, -0.2) is 0 Å². The Kier molecular flexibility index (Phi) is 5.25. The van der Waals surface area contributed by atoms with Gasteiger partial charge in [-0.3, -0.25) is 0 Å². The van der Waals surface area contributed by atoms with Crippen LogP contribution in [-0.2, 0) is 4.74 Å². The first-order chi connectivity index (χ1) is 8.08. The highest BCUT2D eigenvalue weighted by molar-refractivity contribution is 5.42. The molecule has 4 nitrogen and oxygen atoms in total. The van der Waals surface area contributed by atoms with Gasteiger partial charge in [0.15, 0.2) is 0 Å². The second-order valence-electron chi connectivity index (χ2n) is 4.05. The van der Waals surface area contributed by atoms with Crippen molar-refractivity contribution in [2.24, 2.45) is 5.73 Å². The van der Waals surface area contributed by atoms with Gasteiger partial charge in [0.1, 0.15) is 18.1 Å². The molecule has 0 radical (unpaired) electrons. The van der Waals surface area contributed by atoms with Crippen molar-refractivity contribution in [3.63, 3.8) is 0 Å². The topological polar surface area (TPSA) is 53.7 Å². The van der Waals surface area contributed by atoms with E-state index in [1.54, 1.807) is 14.2 Å². The van der Waals surface area contributed by atoms with Gasteiger partial charge in [-0.15, -0.1) is 0 Å². The van der Waals surface area contributed by atoms with Gasteiger partial charge in [-0.1, -0.05) is 6.07 Å². The van der Waals surface area contributed by atoms with Crippen molar-refractivity contribution in [3.8, 4) is 11.5 Å². The Morgan fingerprint density at radius 1 is 1.24 bits per heavy atom. The summed E-state index contributed by atoms with van der Waals surface area (Å²) >= 11 is 0. The molecule has 0 aromatic heterocycles. The van der Waals surface area contributed by atoms with Gasteiger partial charge in [-0.2, -0.15) is 0 Å². The molecule has 2 atom stereocenters. The maximum absolute atomic E-state index is 5.89. The van der Waals surface area contributed by atoms with E-state index in [9.17, 15) is 0 Å². The van der Waals surface area contributed by atoms with Crippen LogP contribution >= 0.6 is 0 Å². The third-order valence-corrected chi connectivity index (χ3v) is 2.59. The lowest BCUT2D eigenvalue weighted by atomic mass is 10.1. The SMILES string of the molecule is COc1ccc([C@@H](C)N)c(OCC(C)OC)c1. The van der Waals surface area contributed by atoms with E-state index >= 15 is 0 Å². The van der Waals surface area contributed by atoms with Crippen molar-refractivity contribution in [2.45, 2.75) is 26.0 Å². The Hall–Kier alpha value is -1.26. The zero-order valence-corrected chi connectivity index (χ0v) is 10.9. The van der Waals surface area contributed by atoms with Crippen molar-refractivity contribution in [3.05, 3.63) is 23.8 Å². The average Bonchev–Trinajstić information content (AvgIpc) is 2.35. The molecule has 0 saturated carbocycles. The molecule has 0 aliphatic carbocycles. The standard InChI is InChI=1S/C13H21NO3/c1-9(15-3)8-17-13-7-11(16-4)5-6-12(13)10(2)14/h5-7,9-10H,8,14H2,1-4H3/t9?,10-/m1/s1. The van der Waals surface area contributed by atoms with Crippen LogP contribution in [0.2, 0.25) is 0 Å². The van der Waals surface area contributed by atoms with E-state index in [-0.39, 0.29) is 12.1 Å². The summed E-state index contributed by atoms with van der Waals surface area (Å²) < 4.78 is 16.0. The highest BCUT2D eigenvalue weighted by Gasteiger charge is 2.11. The fourth-order valence-corrected chi connectivity index (χ4v) is 1.42. The normalized spacial score (nSPS) is 14.2. The predicted octanol–water partition coefficient (Wildman–Crippen LogP) is 2.13. The summed E-state index contributed by atoms with van der Waals surface area (Å²) in [5, 5.41) is 0. The summed E-state index contributed by atoms with van der Waals surface area (Å²) in [5.41, 5.74) is 6.86. The number of nitrogens with two attached hydrogens (primary N) is 1. The number of methoxy groups -OCH3 is 2. The van der Waals surface area contributed by atoms with Gasteiger partial charge in [0.05, 0.1) is 13.2 Å². The monoisotopic (exact) mass is 239 g/mol. The first-order valence-electron chi connectivity index (χ1n) is 5.67. The Morgan fingerprint density at radius 2 is 1.94 bits per heavy atom. The van der Waals surface area contributed by atoms with Gasteiger partial charge in [0, 0.05) is 24.8 Å². The summed E-state index contributed by atoms with van der Waals surface area (Å²) in [6.07, 6.45) is 0.0436. The highest BCUT2D eigenvalue weighted by atomic mass is 16.5. The van der Waals surface area contributed by atoms with Gasteiger partial charge < -0.3 is 19.9 Å². The average molecular weight is 239 g/mol. The highest BCUT2D eigenvalue weighted by Crippen LogP contribution is 2.28. The Labute approximate surface area is 103 Å². The van der Waals surface area contributed by atoms with Crippen LogP contribution in [0.15, 0.2) is 18.2 Å². The summed E-state index contributed by atoms with van der Waals surface area (Å²) in [4.78, 5) is 0. The van der Waals surface area contributed by atoms with E-state index in [1.165, 1.54) is 0 Å². The molecule has 96 valence electrons. The number of hydrogen-bond acceptors (Lipinski definition) is 4. The summed E-state index contributed by atoms with van der Waals surface area (Å²) in [6.45, 7) is 4.36. The Bertz CT molecular complexity index is 353. The van der Waals surface area contributed by atoms with Gasteiger partial charge in [0.2, 0.25) is 0 Å². The first kappa shape index (κ1) is 13.8. The van der Waals surface area contributed by atoms with E-state index in [4.69, 9.17) is 19.9 Å². The molecule has 0 bridgehead atoms. The number of ether oxygens (including phenoxy) is 3. The van der Waals surface area contributed by atoms with Crippen LogP contribution in [0.3, 0.4) is 0 Å². The van der Waals surface area contributed by atoms with Crippen LogP contribution in [0.25, 0.3) is 0 Å². The van der Waals surface area contributed by atoms with Crippen LogP contribution in [0.4, 0.5) is 0 Å². The summed E-state index contributed by atoms with van der Waals surface area (Å²) in [5.74, 6) is 1.51. The predicted molar refractivity (Wildman–Crippen MR) is 67.6 cm³/mol. The van der Waals surface area contributed by atoms with Crippen molar-refractivity contribution in [1.82, 2.24) is 0 Å². The van der Waals surface area contributed by atoms with Crippen LogP contribution in [0.1, 0.15) is 25.5 Å². The van der Waals surface area contributed by atoms with Crippen LogP contribution in [0.5, 0.6) is 11.5 Å². The van der Waals surface area contributed by atoms with Crippen LogP contribution in [0, 0.1) is 0 Å². The molecule has 0 aliphatic rings. The second-order valence-corrected chi connectivity index (χ2v) is 4.05. The Morgan fingerprint density at radius 3 is 2.47 bits per heavy atom. The smallest absolute Gasteiger partial charge is 0.127 e. The van der Waals surface area contributed by atoms with E-state index in [1.807, 2.05) is 32.0 Å². The van der Waals surface area contributed by atoms with Crippen LogP contribution < -0.4 is 15.2 Å². The van der Waals surface area contributed by atoms with E-state index < -0.39 is 0 Å². The molecule has 1 unspecified atom stereocenters. The maximum Gasteiger partial charge on any atom is 0.127 e. The fourth-order valence-electron chi connectivity index (χ4n) is 1.42. The minimum atomic E-state index is -0.0752. The minimum absolute atomic E-state index is 0.0436. The molecule has 1 rings (SSSR count). The first-order valence-corrected chi connectivity index (χ1v) is 5.67. The molecule has 0 aliphatic heterocycles. The lowest BCUT2D eigenvalue weighted by Gasteiger charge is -2.17. The van der Waals surface area contributed by atoms with Crippen LogP contribution in [-0.4, -0.2) is 26.9 Å². The lowest BCUT2D eigenvalue weighted by molar-refractivity contribution is 0.0711. The second kappa shape index (κ2) is 6.47. The number of hydrogen-bond donors (Lipinski definition) is 1. The lowest BCUT2D eigenvalue weighted by Crippen LogP contribution is -2.17. The maximum atomic E-state index is 5.89. The summed E-state index contributed by atoms with van der Waals surface area (Å²) in [6, 6.07) is 5.58. The van der Waals surface area contributed by atoms with E-state index in [0.717, 1.165) is 17.1 Å². The molecule has 0 heterocycles. The van der Waals surface area contributed by atoms with Gasteiger partial charge in [0.25, 0.3) is 0 Å².